The van der Waals surface area contributed by atoms with Crippen molar-refractivity contribution in [2.45, 2.75) is 79.1 Å². The second kappa shape index (κ2) is 14.6. The number of benzene rings is 1. The number of carbonyl (C=O) groups is 3. The van der Waals surface area contributed by atoms with E-state index in [1.165, 1.54) is 0 Å². The Morgan fingerprint density at radius 2 is 1.77 bits per heavy atom. The Hall–Kier alpha value is -2.77. The molecule has 0 saturated carbocycles. The average Bonchev–Trinajstić information content (AvgIpc) is 3.18. The van der Waals surface area contributed by atoms with Gasteiger partial charge in [0.1, 0.15) is 23.9 Å². The van der Waals surface area contributed by atoms with E-state index >= 15 is 0 Å². The van der Waals surface area contributed by atoms with E-state index in [1.54, 1.807) is 6.92 Å². The van der Waals surface area contributed by atoms with E-state index in [0.29, 0.717) is 38.5 Å². The van der Waals surface area contributed by atoms with Crippen molar-refractivity contribution in [2.24, 2.45) is 0 Å². The standard InChI is InChI=1S/C27H41N5O6.HI/c1-7-28-25(34)30-14-12-19(13-15-30)32-22-16-20(37-18-24(33)36-9-3)10-11-21(22)31(8-2)23(32)17-29-26(35)38-27(4,5)6;/h10-11,16,19H,7-9,12-15,17-18H2,1-6H3,(H-,28,29,34,35);1H. The van der Waals surface area contributed by atoms with Crippen LogP contribution in [0.15, 0.2) is 18.2 Å². The van der Waals surface area contributed by atoms with Crippen LogP contribution in [0.3, 0.4) is 0 Å². The first kappa shape index (κ1) is 32.4. The predicted octanol–water partition coefficient (Wildman–Crippen LogP) is 0.286. The molecule has 1 fully saturated rings. The number of halogens is 1. The summed E-state index contributed by atoms with van der Waals surface area (Å²) >= 11 is 0. The van der Waals surface area contributed by atoms with Gasteiger partial charge >= 0.3 is 18.1 Å². The molecule has 12 heteroatoms. The van der Waals surface area contributed by atoms with Crippen molar-refractivity contribution in [1.29, 1.82) is 0 Å². The van der Waals surface area contributed by atoms with Gasteiger partial charge in [-0.1, -0.05) is 0 Å². The molecule has 39 heavy (non-hydrogen) atoms. The number of carbonyl (C=O) groups excluding carboxylic acids is 3. The minimum absolute atomic E-state index is 0. The van der Waals surface area contributed by atoms with E-state index in [0.717, 1.165) is 29.7 Å². The number of aryl methyl sites for hydroxylation is 1. The second-order valence-corrected chi connectivity index (χ2v) is 10.2. The summed E-state index contributed by atoms with van der Waals surface area (Å²) in [6.45, 7) is 14.1. The van der Waals surface area contributed by atoms with Crippen LogP contribution in [0.2, 0.25) is 0 Å². The monoisotopic (exact) mass is 659 g/mol. The molecule has 11 nitrogen and oxygen atoms in total. The van der Waals surface area contributed by atoms with Gasteiger partial charge in [-0.2, -0.15) is 0 Å². The molecular weight excluding hydrogens is 617 g/mol. The molecule has 0 atom stereocenters. The number of rotatable bonds is 9. The molecule has 0 unspecified atom stereocenters. The molecular formula is C27H42IN5O6. The number of likely N-dealkylation sites (tertiary alicyclic amines) is 1. The van der Waals surface area contributed by atoms with Crippen LogP contribution in [0.1, 0.15) is 66.3 Å². The Morgan fingerprint density at radius 1 is 1.08 bits per heavy atom. The molecule has 0 spiro atoms. The van der Waals surface area contributed by atoms with Crippen LogP contribution in [0.5, 0.6) is 5.75 Å². The maximum atomic E-state index is 12.5. The lowest BCUT2D eigenvalue weighted by Gasteiger charge is -2.31. The number of urea groups is 1. The Bertz CT molecular complexity index is 1140. The third-order valence-electron chi connectivity index (χ3n) is 6.30. The van der Waals surface area contributed by atoms with Gasteiger partial charge in [0.2, 0.25) is 0 Å². The highest BCUT2D eigenvalue weighted by molar-refractivity contribution is 5.76. The Morgan fingerprint density at radius 3 is 2.36 bits per heavy atom. The van der Waals surface area contributed by atoms with E-state index in [2.05, 4.69) is 26.7 Å². The zero-order chi connectivity index (χ0) is 27.9. The number of piperidine rings is 1. The van der Waals surface area contributed by atoms with Gasteiger partial charge in [0.25, 0.3) is 5.82 Å². The summed E-state index contributed by atoms with van der Waals surface area (Å²) in [6.07, 6.45) is 1.04. The number of esters is 1. The summed E-state index contributed by atoms with van der Waals surface area (Å²) in [5, 5.41) is 5.79. The van der Waals surface area contributed by atoms with E-state index in [1.807, 2.05) is 50.8 Å². The number of fused-ring (bicyclic) bond motifs is 1. The van der Waals surface area contributed by atoms with E-state index < -0.39 is 17.7 Å². The number of hydrogen-bond acceptors (Lipinski definition) is 6. The zero-order valence-electron chi connectivity index (χ0n) is 23.8. The molecule has 2 N–H and O–H groups in total. The fourth-order valence-corrected chi connectivity index (χ4v) is 4.76. The first-order chi connectivity index (χ1) is 18.1. The number of alkyl carbamates (subject to hydrolysis) is 1. The molecule has 0 aliphatic carbocycles. The average molecular weight is 660 g/mol. The van der Waals surface area contributed by atoms with Crippen LogP contribution in [-0.2, 0) is 27.4 Å². The summed E-state index contributed by atoms with van der Waals surface area (Å²) in [6, 6.07) is 5.78. The van der Waals surface area contributed by atoms with Gasteiger partial charge in [-0.3, -0.25) is 0 Å². The molecule has 3 rings (SSSR count). The summed E-state index contributed by atoms with van der Waals surface area (Å²) in [5.41, 5.74) is 1.32. The van der Waals surface area contributed by atoms with Gasteiger partial charge in [0, 0.05) is 38.5 Å². The third kappa shape index (κ3) is 8.61. The molecule has 1 saturated heterocycles. The van der Waals surface area contributed by atoms with Gasteiger partial charge in [0.05, 0.1) is 13.2 Å². The number of aromatic nitrogens is 2. The van der Waals surface area contributed by atoms with Gasteiger partial charge < -0.3 is 53.7 Å². The Kier molecular flexibility index (Phi) is 12.1. The number of ether oxygens (including phenoxy) is 3. The summed E-state index contributed by atoms with van der Waals surface area (Å²) < 4.78 is 20.6. The maximum Gasteiger partial charge on any atom is 0.408 e. The highest BCUT2D eigenvalue weighted by atomic mass is 127. The summed E-state index contributed by atoms with van der Waals surface area (Å²) in [4.78, 5) is 38.5. The SMILES string of the molecule is CCNC(=O)N1CCC(n2c(CNC(=O)OC(C)(C)C)[n+](CC)c3ccc(OCC(=O)OCC)cc32)CC1.[I-]. The van der Waals surface area contributed by atoms with Crippen molar-refractivity contribution in [1.82, 2.24) is 20.1 Å². The van der Waals surface area contributed by atoms with Crippen LogP contribution in [0.4, 0.5) is 9.59 Å². The fraction of sp³-hybridized carbons (Fsp3) is 0.630. The van der Waals surface area contributed by atoms with Gasteiger partial charge in [-0.25, -0.2) is 23.5 Å². The molecule has 218 valence electrons. The molecule has 1 aliphatic heterocycles. The first-order valence-electron chi connectivity index (χ1n) is 13.4. The normalized spacial score (nSPS) is 13.9. The van der Waals surface area contributed by atoms with Crippen molar-refractivity contribution >= 4 is 29.1 Å². The third-order valence-corrected chi connectivity index (χ3v) is 6.30. The number of amides is 3. The largest absolute Gasteiger partial charge is 1.00 e. The van der Waals surface area contributed by atoms with Crippen LogP contribution >= 0.6 is 0 Å². The lowest BCUT2D eigenvalue weighted by molar-refractivity contribution is -0.676. The number of nitrogens with one attached hydrogen (secondary N) is 2. The molecule has 0 radical (unpaired) electrons. The smallest absolute Gasteiger partial charge is 0.408 e. The molecule has 3 amide bonds. The lowest BCUT2D eigenvalue weighted by atomic mass is 10.0. The topological polar surface area (TPSA) is 115 Å². The molecule has 1 aromatic carbocycles. The van der Waals surface area contributed by atoms with Crippen LogP contribution in [-0.4, -0.2) is 66.0 Å². The molecule has 0 bridgehead atoms. The zero-order valence-corrected chi connectivity index (χ0v) is 26.0. The first-order valence-corrected chi connectivity index (χ1v) is 13.4. The van der Waals surface area contributed by atoms with Crippen LogP contribution in [0, 0.1) is 0 Å². The van der Waals surface area contributed by atoms with Gasteiger partial charge in [0.15, 0.2) is 17.6 Å². The van der Waals surface area contributed by atoms with Gasteiger partial charge in [-0.15, -0.1) is 0 Å². The Balaban J connectivity index is 0.00000533. The van der Waals surface area contributed by atoms with E-state index in [9.17, 15) is 14.4 Å². The molecule has 1 aliphatic rings. The summed E-state index contributed by atoms with van der Waals surface area (Å²) in [7, 11) is 0. The van der Waals surface area contributed by atoms with Crippen molar-refractivity contribution in [3.8, 4) is 5.75 Å². The quantitative estimate of drug-likeness (QED) is 0.227. The maximum absolute atomic E-state index is 12.5. The molecule has 2 aromatic rings. The fourth-order valence-electron chi connectivity index (χ4n) is 4.76. The molecule has 1 aromatic heterocycles. The van der Waals surface area contributed by atoms with Crippen molar-refractivity contribution in [3.63, 3.8) is 0 Å². The minimum Gasteiger partial charge on any atom is -1.00 e. The van der Waals surface area contributed by atoms with Gasteiger partial charge in [-0.05, 0) is 53.7 Å². The number of hydrogen-bond donors (Lipinski definition) is 2. The van der Waals surface area contributed by atoms with Crippen molar-refractivity contribution < 1.29 is 57.1 Å². The molecule has 2 heterocycles. The second-order valence-electron chi connectivity index (χ2n) is 10.2. The van der Waals surface area contributed by atoms with E-state index in [4.69, 9.17) is 14.2 Å². The Labute approximate surface area is 247 Å². The highest BCUT2D eigenvalue weighted by Crippen LogP contribution is 2.30. The number of nitrogens with zero attached hydrogens (tertiary/aromatic N) is 3. The van der Waals surface area contributed by atoms with Crippen LogP contribution < -0.4 is 43.9 Å². The van der Waals surface area contributed by atoms with Crippen LogP contribution in [0.25, 0.3) is 11.0 Å². The highest BCUT2D eigenvalue weighted by Gasteiger charge is 2.34. The van der Waals surface area contributed by atoms with Crippen molar-refractivity contribution in [3.05, 3.63) is 24.0 Å². The summed E-state index contributed by atoms with van der Waals surface area (Å²) in [5.74, 6) is 1.05. The number of imidazole rings is 1. The lowest BCUT2D eigenvalue weighted by Crippen LogP contribution is -3.00. The predicted molar refractivity (Wildman–Crippen MR) is 142 cm³/mol. The minimum atomic E-state index is -0.603. The van der Waals surface area contributed by atoms with Crippen molar-refractivity contribution in [2.75, 3.05) is 32.8 Å². The van der Waals surface area contributed by atoms with E-state index in [-0.39, 0.29) is 49.2 Å².